The Morgan fingerprint density at radius 1 is 1.50 bits per heavy atom. The van der Waals surface area contributed by atoms with Gasteiger partial charge in [0.25, 0.3) is 0 Å². The lowest BCUT2D eigenvalue weighted by Gasteiger charge is -2.22. The largest absolute Gasteiger partial charge is 0.481 e. The topological polar surface area (TPSA) is 55.1 Å². The Morgan fingerprint density at radius 3 is 3.00 bits per heavy atom. The van der Waals surface area contributed by atoms with E-state index in [9.17, 15) is 9.90 Å². The van der Waals surface area contributed by atoms with E-state index in [1.165, 1.54) is 0 Å². The molecule has 1 N–H and O–H groups in total. The van der Waals surface area contributed by atoms with E-state index in [1.54, 1.807) is 0 Å². The van der Waals surface area contributed by atoms with Crippen LogP contribution in [0.3, 0.4) is 0 Å². The molecule has 2 heterocycles. The van der Waals surface area contributed by atoms with Crippen LogP contribution in [0.2, 0.25) is 5.15 Å². The standard InChI is InChI=1S/C15H15ClN2O2/c1-9-4-2-5-10(8-9)14-17-13(16)12-11(15(19)20)6-3-7-18(12)14/h2,4-5,8,11H,3,6-7H2,1H3,(H,19,20). The molecule has 104 valence electrons. The first-order valence-corrected chi connectivity index (χ1v) is 7.01. The van der Waals surface area contributed by atoms with Gasteiger partial charge in [-0.25, -0.2) is 4.98 Å². The Balaban J connectivity index is 2.16. The van der Waals surface area contributed by atoms with Gasteiger partial charge in [0.2, 0.25) is 0 Å². The van der Waals surface area contributed by atoms with Crippen LogP contribution in [0.15, 0.2) is 24.3 Å². The Kier molecular flexibility index (Phi) is 3.26. The number of hydrogen-bond acceptors (Lipinski definition) is 2. The maximum absolute atomic E-state index is 11.4. The zero-order chi connectivity index (χ0) is 14.3. The highest BCUT2D eigenvalue weighted by atomic mass is 35.5. The molecule has 1 unspecified atom stereocenters. The average molecular weight is 291 g/mol. The third-order valence-corrected chi connectivity index (χ3v) is 4.02. The maximum Gasteiger partial charge on any atom is 0.312 e. The second-order valence-corrected chi connectivity index (χ2v) is 5.52. The van der Waals surface area contributed by atoms with E-state index in [1.807, 2.05) is 35.8 Å². The molecule has 0 radical (unpaired) electrons. The molecular weight excluding hydrogens is 276 g/mol. The molecule has 2 aromatic rings. The minimum absolute atomic E-state index is 0.314. The molecule has 0 amide bonds. The normalized spacial score (nSPS) is 17.8. The molecule has 0 spiro atoms. The maximum atomic E-state index is 11.4. The zero-order valence-electron chi connectivity index (χ0n) is 11.1. The molecule has 1 aliphatic heterocycles. The molecule has 1 aromatic carbocycles. The molecule has 5 heteroatoms. The second kappa shape index (κ2) is 4.94. The SMILES string of the molecule is Cc1cccc(-c2nc(Cl)c3n2CCCC3C(=O)O)c1. The Labute approximate surface area is 122 Å². The Hall–Kier alpha value is -1.81. The van der Waals surface area contributed by atoms with Crippen LogP contribution in [-0.4, -0.2) is 20.6 Å². The molecule has 3 rings (SSSR count). The lowest BCUT2D eigenvalue weighted by atomic mass is 9.96. The number of benzene rings is 1. The van der Waals surface area contributed by atoms with Gasteiger partial charge in [0.15, 0.2) is 5.15 Å². The van der Waals surface area contributed by atoms with Crippen LogP contribution >= 0.6 is 11.6 Å². The summed E-state index contributed by atoms with van der Waals surface area (Å²) < 4.78 is 1.96. The summed E-state index contributed by atoms with van der Waals surface area (Å²) in [5.74, 6) is -0.620. The molecule has 0 saturated heterocycles. The van der Waals surface area contributed by atoms with Gasteiger partial charge in [0.1, 0.15) is 11.7 Å². The molecule has 1 atom stereocenters. The smallest absolute Gasteiger partial charge is 0.312 e. The lowest BCUT2D eigenvalue weighted by Crippen LogP contribution is -2.22. The van der Waals surface area contributed by atoms with Crippen LogP contribution in [0.4, 0.5) is 0 Å². The Morgan fingerprint density at radius 2 is 2.30 bits per heavy atom. The first kappa shape index (κ1) is 13.2. The van der Waals surface area contributed by atoms with Gasteiger partial charge in [0, 0.05) is 12.1 Å². The van der Waals surface area contributed by atoms with E-state index < -0.39 is 11.9 Å². The van der Waals surface area contributed by atoms with E-state index in [4.69, 9.17) is 11.6 Å². The number of nitrogens with zero attached hydrogens (tertiary/aromatic N) is 2. The number of carboxylic acid groups (broad SMARTS) is 1. The van der Waals surface area contributed by atoms with E-state index in [0.717, 1.165) is 29.9 Å². The monoisotopic (exact) mass is 290 g/mol. The first-order valence-electron chi connectivity index (χ1n) is 6.63. The van der Waals surface area contributed by atoms with Gasteiger partial charge < -0.3 is 9.67 Å². The summed E-state index contributed by atoms with van der Waals surface area (Å²) >= 11 is 6.20. The van der Waals surface area contributed by atoms with Crippen LogP contribution in [0, 0.1) is 6.92 Å². The summed E-state index contributed by atoms with van der Waals surface area (Å²) in [7, 11) is 0. The molecule has 0 bridgehead atoms. The number of aliphatic carboxylic acids is 1. The molecular formula is C15H15ClN2O2. The fourth-order valence-electron chi connectivity index (χ4n) is 2.83. The third kappa shape index (κ3) is 2.10. The van der Waals surface area contributed by atoms with Crippen LogP contribution < -0.4 is 0 Å². The lowest BCUT2D eigenvalue weighted by molar-refractivity contribution is -0.139. The van der Waals surface area contributed by atoms with Gasteiger partial charge in [-0.3, -0.25) is 4.79 Å². The summed E-state index contributed by atoms with van der Waals surface area (Å²) in [6.45, 7) is 2.79. The molecule has 20 heavy (non-hydrogen) atoms. The molecule has 0 fully saturated rings. The third-order valence-electron chi connectivity index (χ3n) is 3.74. The predicted molar refractivity (Wildman–Crippen MR) is 77.0 cm³/mol. The molecule has 1 aliphatic rings. The number of carbonyl (C=O) groups is 1. The van der Waals surface area contributed by atoms with Crippen LogP contribution in [0.5, 0.6) is 0 Å². The van der Waals surface area contributed by atoms with Crippen molar-refractivity contribution >= 4 is 17.6 Å². The fraction of sp³-hybridized carbons (Fsp3) is 0.333. The molecule has 1 aromatic heterocycles. The predicted octanol–water partition coefficient (Wildman–Crippen LogP) is 3.47. The van der Waals surface area contributed by atoms with E-state index in [0.29, 0.717) is 17.3 Å². The highest BCUT2D eigenvalue weighted by molar-refractivity contribution is 6.30. The van der Waals surface area contributed by atoms with Crippen molar-refractivity contribution in [2.45, 2.75) is 32.2 Å². The summed E-state index contributed by atoms with van der Waals surface area (Å²) in [6, 6.07) is 8.00. The van der Waals surface area contributed by atoms with Gasteiger partial charge in [-0.15, -0.1) is 0 Å². The van der Waals surface area contributed by atoms with Crippen molar-refractivity contribution in [3.8, 4) is 11.4 Å². The fourth-order valence-corrected chi connectivity index (χ4v) is 3.14. The minimum Gasteiger partial charge on any atom is -0.481 e. The van der Waals surface area contributed by atoms with E-state index in [-0.39, 0.29) is 0 Å². The quantitative estimate of drug-likeness (QED) is 0.921. The summed E-state index contributed by atoms with van der Waals surface area (Å²) in [5.41, 5.74) is 2.76. The van der Waals surface area contributed by atoms with Gasteiger partial charge in [-0.1, -0.05) is 35.4 Å². The Bertz CT molecular complexity index is 679. The number of fused-ring (bicyclic) bond motifs is 1. The zero-order valence-corrected chi connectivity index (χ0v) is 11.9. The van der Waals surface area contributed by atoms with E-state index >= 15 is 0 Å². The summed E-state index contributed by atoms with van der Waals surface area (Å²) in [4.78, 5) is 15.8. The van der Waals surface area contributed by atoms with Gasteiger partial charge in [0.05, 0.1) is 5.69 Å². The van der Waals surface area contributed by atoms with E-state index in [2.05, 4.69) is 4.98 Å². The molecule has 0 aliphatic carbocycles. The van der Waals surface area contributed by atoms with Crippen molar-refractivity contribution in [2.24, 2.45) is 0 Å². The molecule has 0 saturated carbocycles. The highest BCUT2D eigenvalue weighted by Gasteiger charge is 2.32. The number of rotatable bonds is 2. The minimum atomic E-state index is -0.830. The summed E-state index contributed by atoms with van der Waals surface area (Å²) in [6.07, 6.45) is 1.45. The van der Waals surface area contributed by atoms with Crippen molar-refractivity contribution in [3.05, 3.63) is 40.7 Å². The highest BCUT2D eigenvalue weighted by Crippen LogP contribution is 2.36. The van der Waals surface area contributed by atoms with Gasteiger partial charge >= 0.3 is 5.97 Å². The number of imidazole rings is 1. The van der Waals surface area contributed by atoms with Crippen molar-refractivity contribution in [1.82, 2.24) is 9.55 Å². The van der Waals surface area contributed by atoms with Crippen molar-refractivity contribution in [2.75, 3.05) is 0 Å². The van der Waals surface area contributed by atoms with Crippen molar-refractivity contribution < 1.29 is 9.90 Å². The first-order chi connectivity index (χ1) is 9.58. The number of aromatic nitrogens is 2. The number of hydrogen-bond donors (Lipinski definition) is 1. The average Bonchev–Trinajstić information content (AvgIpc) is 2.76. The van der Waals surface area contributed by atoms with Gasteiger partial charge in [-0.2, -0.15) is 0 Å². The second-order valence-electron chi connectivity index (χ2n) is 5.17. The van der Waals surface area contributed by atoms with Crippen molar-refractivity contribution in [3.63, 3.8) is 0 Å². The number of carboxylic acids is 1. The number of aryl methyl sites for hydroxylation is 1. The summed E-state index contributed by atoms with van der Waals surface area (Å²) in [5, 5.41) is 9.65. The van der Waals surface area contributed by atoms with Crippen LogP contribution in [0.25, 0.3) is 11.4 Å². The van der Waals surface area contributed by atoms with Crippen molar-refractivity contribution in [1.29, 1.82) is 0 Å². The number of halogens is 1. The van der Waals surface area contributed by atoms with Crippen LogP contribution in [-0.2, 0) is 11.3 Å². The van der Waals surface area contributed by atoms with Crippen LogP contribution in [0.1, 0.15) is 30.0 Å². The molecule has 4 nitrogen and oxygen atoms in total. The van der Waals surface area contributed by atoms with Gasteiger partial charge in [-0.05, 0) is 25.8 Å².